The van der Waals surface area contributed by atoms with E-state index in [2.05, 4.69) is 74.9 Å². The van der Waals surface area contributed by atoms with Gasteiger partial charge in [0.15, 0.2) is 0 Å². The zero-order valence-corrected chi connectivity index (χ0v) is 18.2. The number of nitrogens with zero attached hydrogens (tertiary/aromatic N) is 2. The minimum atomic E-state index is 0.104. The predicted octanol–water partition coefficient (Wildman–Crippen LogP) is 5.84. The van der Waals surface area contributed by atoms with Gasteiger partial charge in [-0.2, -0.15) is 0 Å². The van der Waals surface area contributed by atoms with Gasteiger partial charge in [0, 0.05) is 30.0 Å². The first-order valence-corrected chi connectivity index (χ1v) is 10.4. The minimum absolute atomic E-state index is 0.104. The second kappa shape index (κ2) is 9.13. The number of aromatic nitrogens is 1. The van der Waals surface area contributed by atoms with Crippen LogP contribution in [-0.2, 0) is 13.1 Å². The molecule has 0 N–H and O–H groups in total. The SMILES string of the molecule is Cc1cccc(Cn2cccc2CN(C(=O)c2ccccc2C)[C@H](C)C(C)C)c1. The molecule has 2 aromatic carbocycles. The monoisotopic (exact) mass is 388 g/mol. The molecular weight excluding hydrogens is 356 g/mol. The molecule has 3 nitrogen and oxygen atoms in total. The molecule has 0 radical (unpaired) electrons. The van der Waals surface area contributed by atoms with Crippen LogP contribution in [0, 0.1) is 19.8 Å². The van der Waals surface area contributed by atoms with Gasteiger partial charge in [0.05, 0.1) is 6.54 Å². The minimum Gasteiger partial charge on any atom is -0.345 e. The van der Waals surface area contributed by atoms with E-state index >= 15 is 0 Å². The van der Waals surface area contributed by atoms with Crippen molar-refractivity contribution >= 4 is 5.91 Å². The predicted molar refractivity (Wildman–Crippen MR) is 120 cm³/mol. The van der Waals surface area contributed by atoms with Crippen LogP contribution in [0.3, 0.4) is 0 Å². The van der Waals surface area contributed by atoms with E-state index in [-0.39, 0.29) is 11.9 Å². The van der Waals surface area contributed by atoms with Gasteiger partial charge in [-0.1, -0.05) is 61.9 Å². The van der Waals surface area contributed by atoms with Gasteiger partial charge in [0.1, 0.15) is 0 Å². The topological polar surface area (TPSA) is 25.2 Å². The zero-order chi connectivity index (χ0) is 21.0. The molecule has 1 atom stereocenters. The largest absolute Gasteiger partial charge is 0.345 e. The standard InChI is InChI=1S/C26H32N2O/c1-19(2)22(5)28(26(29)25-14-7-6-11-21(25)4)18-24-13-9-15-27(24)17-23-12-8-10-20(3)16-23/h6-16,19,22H,17-18H2,1-5H3/t22-/m1/s1. The van der Waals surface area contributed by atoms with Gasteiger partial charge >= 0.3 is 0 Å². The number of rotatable bonds is 7. The summed E-state index contributed by atoms with van der Waals surface area (Å²) in [4.78, 5) is 15.5. The van der Waals surface area contributed by atoms with Crippen LogP contribution < -0.4 is 0 Å². The molecule has 0 unspecified atom stereocenters. The maximum Gasteiger partial charge on any atom is 0.254 e. The van der Waals surface area contributed by atoms with Crippen molar-refractivity contribution in [3.8, 4) is 0 Å². The van der Waals surface area contributed by atoms with E-state index in [1.54, 1.807) is 0 Å². The number of carbonyl (C=O) groups is 1. The second-order valence-electron chi connectivity index (χ2n) is 8.35. The molecule has 0 bridgehead atoms. The molecule has 3 aromatic rings. The normalized spacial score (nSPS) is 12.2. The second-order valence-corrected chi connectivity index (χ2v) is 8.35. The van der Waals surface area contributed by atoms with Gasteiger partial charge in [0.25, 0.3) is 5.91 Å². The Kier molecular flexibility index (Phi) is 6.58. The third-order valence-corrected chi connectivity index (χ3v) is 5.78. The number of aryl methyl sites for hydroxylation is 2. The summed E-state index contributed by atoms with van der Waals surface area (Å²) in [7, 11) is 0. The quantitative estimate of drug-likeness (QED) is 0.499. The number of hydrogen-bond donors (Lipinski definition) is 0. The third kappa shape index (κ3) is 4.97. The van der Waals surface area contributed by atoms with Gasteiger partial charge in [-0.15, -0.1) is 0 Å². The van der Waals surface area contributed by atoms with Crippen molar-refractivity contribution in [3.63, 3.8) is 0 Å². The van der Waals surface area contributed by atoms with Crippen LogP contribution in [0.1, 0.15) is 53.5 Å². The molecule has 0 spiro atoms. The Morgan fingerprint density at radius 2 is 1.72 bits per heavy atom. The van der Waals surface area contributed by atoms with E-state index in [9.17, 15) is 4.79 Å². The lowest BCUT2D eigenvalue weighted by atomic mass is 10.0. The smallest absolute Gasteiger partial charge is 0.254 e. The molecule has 3 rings (SSSR count). The van der Waals surface area contributed by atoms with Crippen LogP contribution in [0.5, 0.6) is 0 Å². The average molecular weight is 389 g/mol. The van der Waals surface area contributed by atoms with Crippen LogP contribution in [-0.4, -0.2) is 21.4 Å². The maximum absolute atomic E-state index is 13.5. The fourth-order valence-electron chi connectivity index (χ4n) is 3.66. The fourth-order valence-corrected chi connectivity index (χ4v) is 3.66. The highest BCUT2D eigenvalue weighted by Crippen LogP contribution is 2.21. The summed E-state index contributed by atoms with van der Waals surface area (Å²) in [6.07, 6.45) is 2.11. The summed E-state index contributed by atoms with van der Waals surface area (Å²) in [5, 5.41) is 0. The number of amides is 1. The highest BCUT2D eigenvalue weighted by molar-refractivity contribution is 5.95. The molecule has 0 saturated carbocycles. The van der Waals surface area contributed by atoms with E-state index in [0.717, 1.165) is 23.4 Å². The van der Waals surface area contributed by atoms with Crippen molar-refractivity contribution in [2.45, 2.75) is 53.8 Å². The van der Waals surface area contributed by atoms with Gasteiger partial charge in [0.2, 0.25) is 0 Å². The van der Waals surface area contributed by atoms with Gasteiger partial charge in [-0.25, -0.2) is 0 Å². The molecule has 0 saturated heterocycles. The summed E-state index contributed by atoms with van der Waals surface area (Å²) in [6, 6.07) is 20.8. The summed E-state index contributed by atoms with van der Waals surface area (Å²) in [6.45, 7) is 12.0. The summed E-state index contributed by atoms with van der Waals surface area (Å²) in [5.74, 6) is 0.482. The van der Waals surface area contributed by atoms with Crippen LogP contribution in [0.15, 0.2) is 66.9 Å². The molecule has 1 heterocycles. The van der Waals surface area contributed by atoms with Gasteiger partial charge < -0.3 is 9.47 Å². The van der Waals surface area contributed by atoms with Crippen molar-refractivity contribution in [1.29, 1.82) is 0 Å². The molecule has 152 valence electrons. The molecule has 1 amide bonds. The number of benzene rings is 2. The van der Waals surface area contributed by atoms with Gasteiger partial charge in [-0.3, -0.25) is 4.79 Å². The highest BCUT2D eigenvalue weighted by Gasteiger charge is 2.25. The van der Waals surface area contributed by atoms with E-state index in [0.29, 0.717) is 12.5 Å². The Hall–Kier alpha value is -2.81. The Balaban J connectivity index is 1.88. The lowest BCUT2D eigenvalue weighted by molar-refractivity contribution is 0.0622. The average Bonchev–Trinajstić information content (AvgIpc) is 3.12. The molecule has 0 aliphatic carbocycles. The van der Waals surface area contributed by atoms with Crippen molar-refractivity contribution in [1.82, 2.24) is 9.47 Å². The first kappa shape index (κ1) is 20.9. The van der Waals surface area contributed by atoms with Gasteiger partial charge in [-0.05, 0) is 56.0 Å². The molecule has 1 aromatic heterocycles. The van der Waals surface area contributed by atoms with Crippen molar-refractivity contribution in [3.05, 3.63) is 94.8 Å². The Bertz CT molecular complexity index is 970. The maximum atomic E-state index is 13.5. The molecular formula is C26H32N2O. The van der Waals surface area contributed by atoms with E-state index in [1.165, 1.54) is 11.1 Å². The van der Waals surface area contributed by atoms with Crippen LogP contribution in [0.2, 0.25) is 0 Å². The fraction of sp³-hybridized carbons (Fsp3) is 0.346. The Morgan fingerprint density at radius 3 is 2.41 bits per heavy atom. The number of carbonyl (C=O) groups excluding carboxylic acids is 1. The lowest BCUT2D eigenvalue weighted by Crippen LogP contribution is -2.41. The molecule has 0 aliphatic rings. The first-order chi connectivity index (χ1) is 13.9. The highest BCUT2D eigenvalue weighted by atomic mass is 16.2. The zero-order valence-electron chi connectivity index (χ0n) is 18.2. The molecule has 0 fully saturated rings. The Morgan fingerprint density at radius 1 is 0.966 bits per heavy atom. The molecule has 29 heavy (non-hydrogen) atoms. The summed E-state index contributed by atoms with van der Waals surface area (Å²) < 4.78 is 2.25. The van der Waals surface area contributed by atoms with Crippen LogP contribution in [0.25, 0.3) is 0 Å². The van der Waals surface area contributed by atoms with Crippen molar-refractivity contribution in [2.24, 2.45) is 5.92 Å². The van der Waals surface area contributed by atoms with E-state index in [4.69, 9.17) is 0 Å². The number of hydrogen-bond acceptors (Lipinski definition) is 1. The van der Waals surface area contributed by atoms with Crippen LogP contribution in [0.4, 0.5) is 0 Å². The van der Waals surface area contributed by atoms with E-state index < -0.39 is 0 Å². The van der Waals surface area contributed by atoms with Crippen molar-refractivity contribution in [2.75, 3.05) is 0 Å². The van der Waals surface area contributed by atoms with Crippen LogP contribution >= 0.6 is 0 Å². The summed E-state index contributed by atoms with van der Waals surface area (Å²) in [5.41, 5.74) is 5.50. The lowest BCUT2D eigenvalue weighted by Gasteiger charge is -2.33. The third-order valence-electron chi connectivity index (χ3n) is 5.78. The Labute approximate surface area is 175 Å². The molecule has 0 aliphatic heterocycles. The first-order valence-electron chi connectivity index (χ1n) is 10.4. The van der Waals surface area contributed by atoms with E-state index in [1.807, 2.05) is 36.1 Å². The molecule has 3 heteroatoms. The summed E-state index contributed by atoms with van der Waals surface area (Å²) >= 11 is 0. The van der Waals surface area contributed by atoms with Crippen molar-refractivity contribution < 1.29 is 4.79 Å².